The Morgan fingerprint density at radius 3 is 1.85 bits per heavy atom. The second-order valence-electron chi connectivity index (χ2n) is 2.60. The molecule has 0 bridgehead atoms. The Hall–Kier alpha value is -1.30. The fourth-order valence-electron chi connectivity index (χ4n) is 1.09. The van der Waals surface area contributed by atoms with Crippen LogP contribution in [0.2, 0.25) is 0 Å². The van der Waals surface area contributed by atoms with Gasteiger partial charge in [-0.1, -0.05) is 49.1 Å². The van der Waals surface area contributed by atoms with Gasteiger partial charge in [0.15, 0.2) is 0 Å². The van der Waals surface area contributed by atoms with Gasteiger partial charge >= 0.3 is 0 Å². The van der Waals surface area contributed by atoms with Crippen molar-refractivity contribution in [3.8, 4) is 0 Å². The summed E-state index contributed by atoms with van der Waals surface area (Å²) in [4.78, 5) is 0. The highest BCUT2D eigenvalue weighted by Gasteiger charge is 1.93. The zero-order chi connectivity index (χ0) is 10.1. The summed E-state index contributed by atoms with van der Waals surface area (Å²) in [5.41, 5.74) is 2.42. The van der Waals surface area contributed by atoms with Crippen molar-refractivity contribution in [2.24, 2.45) is 0 Å². The van der Waals surface area contributed by atoms with Gasteiger partial charge in [-0.15, -0.1) is 0 Å². The summed E-state index contributed by atoms with van der Waals surface area (Å²) in [7, 11) is 0. The smallest absolute Gasteiger partial charge is 0.0191 e. The molecule has 0 nitrogen and oxygen atoms in total. The van der Waals surface area contributed by atoms with Crippen molar-refractivity contribution in [1.29, 1.82) is 0 Å². The van der Waals surface area contributed by atoms with Gasteiger partial charge in [0.1, 0.15) is 0 Å². The van der Waals surface area contributed by atoms with Gasteiger partial charge in [0.05, 0.1) is 0 Å². The molecule has 70 valence electrons. The maximum absolute atomic E-state index is 3.70. The van der Waals surface area contributed by atoms with Gasteiger partial charge in [-0.2, -0.15) is 0 Å². The molecule has 0 rings (SSSR count). The topological polar surface area (TPSA) is 0 Å². The normalized spacial score (nSPS) is 14.4. The predicted molar refractivity (Wildman–Crippen MR) is 61.7 cm³/mol. The van der Waals surface area contributed by atoms with Crippen LogP contribution in [-0.4, -0.2) is 0 Å². The summed E-state index contributed by atoms with van der Waals surface area (Å²) in [6.07, 6.45) is 14.2. The van der Waals surface area contributed by atoms with Crippen molar-refractivity contribution < 1.29 is 0 Å². The van der Waals surface area contributed by atoms with Crippen LogP contribution >= 0.6 is 0 Å². The van der Waals surface area contributed by atoms with Crippen molar-refractivity contribution in [3.63, 3.8) is 0 Å². The van der Waals surface area contributed by atoms with E-state index >= 15 is 0 Å². The summed E-state index contributed by atoms with van der Waals surface area (Å²) >= 11 is 0. The molecule has 0 atom stereocenters. The molecule has 0 heterocycles. The summed E-state index contributed by atoms with van der Waals surface area (Å²) in [6.45, 7) is 9.77. The minimum absolute atomic E-state index is 1.19. The lowest BCUT2D eigenvalue weighted by Crippen LogP contribution is -1.81. The van der Waals surface area contributed by atoms with Gasteiger partial charge < -0.3 is 0 Å². The molecule has 0 radical (unpaired) electrons. The van der Waals surface area contributed by atoms with Crippen molar-refractivity contribution in [2.45, 2.75) is 20.8 Å². The Labute approximate surface area is 81.7 Å². The highest BCUT2D eigenvalue weighted by Crippen LogP contribution is 2.13. The van der Waals surface area contributed by atoms with E-state index in [0.29, 0.717) is 0 Å². The van der Waals surface area contributed by atoms with Gasteiger partial charge in [-0.25, -0.2) is 0 Å². The molecule has 0 fully saturated rings. The minimum Gasteiger partial charge on any atom is -0.0990 e. The molecular formula is C13H18. The first kappa shape index (κ1) is 11.7. The standard InChI is InChI=1S/C13H18/c1-5-9-12(8-4)13(10-6-2)11-7-3/h5-11H,2H2,1,3-4H3/b9-5-,11-7-,12-8+,13-10+. The molecule has 0 saturated carbocycles. The Bertz CT molecular complexity index is 260. The third-order valence-electron chi connectivity index (χ3n) is 1.63. The number of hydrogen-bond donors (Lipinski definition) is 0. The molecule has 0 aliphatic rings. The fraction of sp³-hybridized carbons (Fsp3) is 0.231. The molecule has 0 N–H and O–H groups in total. The van der Waals surface area contributed by atoms with Gasteiger partial charge in [0.25, 0.3) is 0 Å². The van der Waals surface area contributed by atoms with Crippen LogP contribution in [0.3, 0.4) is 0 Å². The van der Waals surface area contributed by atoms with E-state index in [1.54, 1.807) is 0 Å². The Kier molecular flexibility index (Phi) is 6.62. The Morgan fingerprint density at radius 1 is 0.923 bits per heavy atom. The van der Waals surface area contributed by atoms with Crippen LogP contribution in [0.4, 0.5) is 0 Å². The first-order valence-corrected chi connectivity index (χ1v) is 4.54. The highest BCUT2D eigenvalue weighted by atomic mass is 14.0. The first-order valence-electron chi connectivity index (χ1n) is 4.54. The lowest BCUT2D eigenvalue weighted by atomic mass is 10.0. The zero-order valence-electron chi connectivity index (χ0n) is 8.75. The largest absolute Gasteiger partial charge is 0.0990 e. The third kappa shape index (κ3) is 4.32. The van der Waals surface area contributed by atoms with Gasteiger partial charge in [0, 0.05) is 0 Å². The van der Waals surface area contributed by atoms with E-state index in [1.165, 1.54) is 11.1 Å². The molecular weight excluding hydrogens is 156 g/mol. The highest BCUT2D eigenvalue weighted by molar-refractivity contribution is 5.47. The second-order valence-corrected chi connectivity index (χ2v) is 2.60. The Balaban J connectivity index is 4.92. The molecule has 0 unspecified atom stereocenters. The van der Waals surface area contributed by atoms with Gasteiger partial charge in [-0.05, 0) is 31.9 Å². The van der Waals surface area contributed by atoms with E-state index in [4.69, 9.17) is 0 Å². The van der Waals surface area contributed by atoms with Crippen LogP contribution in [-0.2, 0) is 0 Å². The average molecular weight is 174 g/mol. The van der Waals surface area contributed by atoms with Crippen molar-refractivity contribution in [1.82, 2.24) is 0 Å². The van der Waals surface area contributed by atoms with E-state index in [2.05, 4.69) is 24.8 Å². The fourth-order valence-corrected chi connectivity index (χ4v) is 1.09. The van der Waals surface area contributed by atoms with E-state index in [1.807, 2.05) is 45.1 Å². The molecule has 0 heteroatoms. The summed E-state index contributed by atoms with van der Waals surface area (Å²) in [6, 6.07) is 0. The van der Waals surface area contributed by atoms with Crippen LogP contribution in [0.15, 0.2) is 60.3 Å². The molecule has 0 aromatic carbocycles. The molecule has 0 saturated heterocycles. The van der Waals surface area contributed by atoms with Gasteiger partial charge in [-0.3, -0.25) is 0 Å². The van der Waals surface area contributed by atoms with Crippen molar-refractivity contribution >= 4 is 0 Å². The first-order chi connectivity index (χ1) is 6.29. The molecule has 0 spiro atoms. The number of allylic oxidation sites excluding steroid dienone is 9. The lowest BCUT2D eigenvalue weighted by Gasteiger charge is -2.01. The number of hydrogen-bond acceptors (Lipinski definition) is 0. The number of rotatable bonds is 4. The lowest BCUT2D eigenvalue weighted by molar-refractivity contribution is 1.47. The molecule has 0 aliphatic carbocycles. The van der Waals surface area contributed by atoms with E-state index < -0.39 is 0 Å². The monoisotopic (exact) mass is 174 g/mol. The van der Waals surface area contributed by atoms with Crippen LogP contribution in [0.5, 0.6) is 0 Å². The summed E-state index contributed by atoms with van der Waals surface area (Å²) in [5.74, 6) is 0. The van der Waals surface area contributed by atoms with Crippen LogP contribution in [0.25, 0.3) is 0 Å². The third-order valence-corrected chi connectivity index (χ3v) is 1.63. The van der Waals surface area contributed by atoms with E-state index in [-0.39, 0.29) is 0 Å². The van der Waals surface area contributed by atoms with Crippen LogP contribution in [0.1, 0.15) is 20.8 Å². The van der Waals surface area contributed by atoms with E-state index in [9.17, 15) is 0 Å². The van der Waals surface area contributed by atoms with Crippen LogP contribution in [0, 0.1) is 0 Å². The predicted octanol–water partition coefficient (Wildman–Crippen LogP) is 4.20. The zero-order valence-corrected chi connectivity index (χ0v) is 8.75. The molecule has 0 aromatic heterocycles. The average Bonchev–Trinajstić information content (AvgIpc) is 2.14. The maximum Gasteiger partial charge on any atom is -0.0191 e. The molecule has 0 aliphatic heterocycles. The molecule has 13 heavy (non-hydrogen) atoms. The van der Waals surface area contributed by atoms with Crippen LogP contribution < -0.4 is 0 Å². The Morgan fingerprint density at radius 2 is 1.46 bits per heavy atom. The minimum atomic E-state index is 1.19. The second kappa shape index (κ2) is 7.35. The molecule has 0 amide bonds. The van der Waals surface area contributed by atoms with Gasteiger partial charge in [0.2, 0.25) is 0 Å². The molecule has 0 aromatic rings. The summed E-state index contributed by atoms with van der Waals surface area (Å²) < 4.78 is 0. The summed E-state index contributed by atoms with van der Waals surface area (Å²) in [5, 5.41) is 0. The SMILES string of the molecule is C=C/C=C(\C=C/C)C(/C=C\C)=C/C. The maximum atomic E-state index is 3.70. The van der Waals surface area contributed by atoms with Crippen molar-refractivity contribution in [2.75, 3.05) is 0 Å². The van der Waals surface area contributed by atoms with Crippen molar-refractivity contribution in [3.05, 3.63) is 60.3 Å². The van der Waals surface area contributed by atoms with E-state index in [0.717, 1.165) is 0 Å². The quantitative estimate of drug-likeness (QED) is 0.560.